The van der Waals surface area contributed by atoms with Gasteiger partial charge in [0.15, 0.2) is 0 Å². The van der Waals surface area contributed by atoms with Gasteiger partial charge in [0.05, 0.1) is 23.7 Å². The predicted molar refractivity (Wildman–Crippen MR) is 72.4 cm³/mol. The predicted octanol–water partition coefficient (Wildman–Crippen LogP) is 1.37. The van der Waals surface area contributed by atoms with Gasteiger partial charge in [0.2, 0.25) is 0 Å². The molecule has 1 amide bonds. The number of aromatic nitrogens is 1. The molecule has 0 saturated carbocycles. The van der Waals surface area contributed by atoms with E-state index in [1.54, 1.807) is 0 Å². The summed E-state index contributed by atoms with van der Waals surface area (Å²) in [7, 11) is 1.31. The monoisotopic (exact) mass is 299 g/mol. The van der Waals surface area contributed by atoms with Gasteiger partial charge in [-0.15, -0.1) is 0 Å². The van der Waals surface area contributed by atoms with Crippen LogP contribution < -0.4 is 10.2 Å². The number of hydrogen-bond acceptors (Lipinski definition) is 5. The zero-order valence-electron chi connectivity index (χ0n) is 10.8. The smallest absolute Gasteiger partial charge is 0.407 e. The van der Waals surface area contributed by atoms with E-state index in [9.17, 15) is 9.59 Å². The molecular formula is C12H14ClN3O4. The summed E-state index contributed by atoms with van der Waals surface area (Å²) >= 11 is 6.05. The molecule has 1 atom stereocenters. The number of nitrogens with zero attached hydrogens (tertiary/aromatic N) is 2. The lowest BCUT2D eigenvalue weighted by Gasteiger charge is -2.19. The number of ether oxygens (including phenoxy) is 1. The van der Waals surface area contributed by atoms with E-state index < -0.39 is 12.1 Å². The van der Waals surface area contributed by atoms with Crippen molar-refractivity contribution < 1.29 is 19.4 Å². The van der Waals surface area contributed by atoms with Crippen molar-refractivity contribution in [3.63, 3.8) is 0 Å². The van der Waals surface area contributed by atoms with Crippen molar-refractivity contribution in [2.75, 3.05) is 25.1 Å². The van der Waals surface area contributed by atoms with Crippen molar-refractivity contribution >= 4 is 29.5 Å². The lowest BCUT2D eigenvalue weighted by Crippen LogP contribution is -2.37. The van der Waals surface area contributed by atoms with Crippen LogP contribution in [0, 0.1) is 0 Å². The van der Waals surface area contributed by atoms with E-state index in [1.165, 1.54) is 19.4 Å². The first kappa shape index (κ1) is 14.4. The number of pyridine rings is 1. The lowest BCUT2D eigenvalue weighted by molar-refractivity contribution is 0.0696. The zero-order valence-corrected chi connectivity index (χ0v) is 11.6. The maximum absolute atomic E-state index is 11.1. The Morgan fingerprint density at radius 1 is 1.60 bits per heavy atom. The van der Waals surface area contributed by atoms with Gasteiger partial charge in [-0.05, 0) is 12.5 Å². The first-order valence-corrected chi connectivity index (χ1v) is 6.37. The molecule has 2 rings (SSSR count). The van der Waals surface area contributed by atoms with Crippen molar-refractivity contribution in [1.29, 1.82) is 0 Å². The van der Waals surface area contributed by atoms with Crippen molar-refractivity contribution in [3.8, 4) is 0 Å². The molecule has 0 aliphatic carbocycles. The van der Waals surface area contributed by atoms with Crippen LogP contribution in [-0.2, 0) is 4.74 Å². The zero-order chi connectivity index (χ0) is 14.7. The minimum Gasteiger partial charge on any atom is -0.478 e. The average molecular weight is 300 g/mol. The number of hydrogen-bond donors (Lipinski definition) is 2. The Kier molecular flexibility index (Phi) is 4.29. The number of anilines is 1. The van der Waals surface area contributed by atoms with Crippen molar-refractivity contribution in [2.45, 2.75) is 12.5 Å². The van der Waals surface area contributed by atoms with Gasteiger partial charge < -0.3 is 20.1 Å². The number of methoxy groups -OCH3 is 1. The summed E-state index contributed by atoms with van der Waals surface area (Å²) in [4.78, 5) is 27.9. The van der Waals surface area contributed by atoms with Gasteiger partial charge in [-0.1, -0.05) is 11.6 Å². The van der Waals surface area contributed by atoms with E-state index >= 15 is 0 Å². The number of carboxylic acids is 1. The van der Waals surface area contributed by atoms with Crippen LogP contribution in [0.4, 0.5) is 10.6 Å². The number of carboxylic acid groups (broad SMARTS) is 1. The third kappa shape index (κ3) is 3.11. The molecular weight excluding hydrogens is 286 g/mol. The van der Waals surface area contributed by atoms with Gasteiger partial charge in [-0.25, -0.2) is 14.6 Å². The van der Waals surface area contributed by atoms with Gasteiger partial charge in [-0.3, -0.25) is 0 Å². The normalized spacial score (nSPS) is 17.9. The topological polar surface area (TPSA) is 91.8 Å². The molecule has 7 nitrogen and oxygen atoms in total. The van der Waals surface area contributed by atoms with Gasteiger partial charge in [-0.2, -0.15) is 0 Å². The first-order valence-electron chi connectivity index (χ1n) is 5.99. The Labute approximate surface area is 120 Å². The summed E-state index contributed by atoms with van der Waals surface area (Å²) in [6.07, 6.45) is 1.54. The molecule has 20 heavy (non-hydrogen) atoms. The molecule has 1 aromatic rings. The second-order valence-corrected chi connectivity index (χ2v) is 4.81. The fraction of sp³-hybridized carbons (Fsp3) is 0.417. The second kappa shape index (κ2) is 5.96. The maximum Gasteiger partial charge on any atom is 0.407 e. The highest BCUT2D eigenvalue weighted by Gasteiger charge is 2.26. The Bertz CT molecular complexity index is 537. The standard InChI is InChI=1S/C12H14ClN3O4/c1-20-12(19)15-8-2-3-16(6-8)10-9(13)4-7(5-14-10)11(17)18/h4-5,8H,2-3,6H2,1H3,(H,15,19)(H,17,18). The fourth-order valence-corrected chi connectivity index (χ4v) is 2.36. The van der Waals surface area contributed by atoms with Crippen LogP contribution in [-0.4, -0.2) is 48.4 Å². The number of rotatable bonds is 3. The summed E-state index contributed by atoms with van der Waals surface area (Å²) in [6, 6.07) is 1.33. The molecule has 0 aromatic carbocycles. The van der Waals surface area contributed by atoms with Crippen LogP contribution in [0.5, 0.6) is 0 Å². The van der Waals surface area contributed by atoms with E-state index in [2.05, 4.69) is 15.0 Å². The highest BCUT2D eigenvalue weighted by Crippen LogP contribution is 2.27. The van der Waals surface area contributed by atoms with Gasteiger partial charge >= 0.3 is 12.1 Å². The average Bonchev–Trinajstić information content (AvgIpc) is 2.86. The number of carbonyl (C=O) groups is 2. The number of amides is 1. The van der Waals surface area contributed by atoms with Crippen LogP contribution >= 0.6 is 11.6 Å². The van der Waals surface area contributed by atoms with Crippen molar-refractivity contribution in [3.05, 3.63) is 22.8 Å². The minimum absolute atomic E-state index is 0.0422. The van der Waals surface area contributed by atoms with Crippen LogP contribution in [0.25, 0.3) is 0 Å². The fourth-order valence-electron chi connectivity index (χ4n) is 2.08. The quantitative estimate of drug-likeness (QED) is 0.876. The summed E-state index contributed by atoms with van der Waals surface area (Å²) in [5.41, 5.74) is 0.0437. The molecule has 2 N–H and O–H groups in total. The molecule has 8 heteroatoms. The van der Waals surface area contributed by atoms with Crippen LogP contribution in [0.3, 0.4) is 0 Å². The number of carbonyl (C=O) groups excluding carboxylic acids is 1. The highest BCUT2D eigenvalue weighted by molar-refractivity contribution is 6.33. The van der Waals surface area contributed by atoms with Crippen molar-refractivity contribution in [2.24, 2.45) is 0 Å². The largest absolute Gasteiger partial charge is 0.478 e. The molecule has 1 aliphatic rings. The van der Waals surface area contributed by atoms with Crippen LogP contribution in [0.2, 0.25) is 5.02 Å². The Hall–Kier alpha value is -2.02. The van der Waals surface area contributed by atoms with Crippen LogP contribution in [0.15, 0.2) is 12.3 Å². The second-order valence-electron chi connectivity index (χ2n) is 4.40. The maximum atomic E-state index is 11.1. The molecule has 0 bridgehead atoms. The van der Waals surface area contributed by atoms with E-state index in [0.717, 1.165) is 6.42 Å². The van der Waals surface area contributed by atoms with E-state index in [1.807, 2.05) is 4.90 Å². The molecule has 1 unspecified atom stereocenters. The third-order valence-electron chi connectivity index (χ3n) is 3.06. The summed E-state index contributed by atoms with van der Waals surface area (Å²) in [5.74, 6) is -0.552. The lowest BCUT2D eigenvalue weighted by atomic mass is 10.3. The first-order chi connectivity index (χ1) is 9.51. The molecule has 1 saturated heterocycles. The molecule has 0 radical (unpaired) electrons. The molecule has 1 fully saturated rings. The Morgan fingerprint density at radius 3 is 2.95 bits per heavy atom. The highest BCUT2D eigenvalue weighted by atomic mass is 35.5. The molecule has 1 aliphatic heterocycles. The number of halogens is 1. The van der Waals surface area contributed by atoms with Gasteiger partial charge in [0, 0.05) is 19.3 Å². The number of nitrogens with one attached hydrogen (secondary N) is 1. The van der Waals surface area contributed by atoms with Crippen LogP contribution in [0.1, 0.15) is 16.8 Å². The molecule has 108 valence electrons. The summed E-state index contributed by atoms with van der Waals surface area (Å²) < 4.78 is 4.54. The molecule has 0 spiro atoms. The number of aromatic carboxylic acids is 1. The van der Waals surface area contributed by atoms with E-state index in [-0.39, 0.29) is 16.6 Å². The minimum atomic E-state index is -1.07. The van der Waals surface area contributed by atoms with Gasteiger partial charge in [0.25, 0.3) is 0 Å². The third-order valence-corrected chi connectivity index (χ3v) is 3.34. The van der Waals surface area contributed by atoms with E-state index in [4.69, 9.17) is 16.7 Å². The Morgan fingerprint density at radius 2 is 2.35 bits per heavy atom. The summed E-state index contributed by atoms with van der Waals surface area (Å²) in [6.45, 7) is 1.22. The van der Waals surface area contributed by atoms with Crippen molar-refractivity contribution in [1.82, 2.24) is 10.3 Å². The number of alkyl carbamates (subject to hydrolysis) is 1. The SMILES string of the molecule is COC(=O)NC1CCN(c2ncc(C(=O)O)cc2Cl)C1. The van der Waals surface area contributed by atoms with Gasteiger partial charge in [0.1, 0.15) is 5.82 Å². The summed E-state index contributed by atoms with van der Waals surface area (Å²) in [5, 5.41) is 11.9. The van der Waals surface area contributed by atoms with E-state index in [0.29, 0.717) is 18.9 Å². The Balaban J connectivity index is 2.06. The molecule has 1 aromatic heterocycles. The molecule has 2 heterocycles.